The predicted molar refractivity (Wildman–Crippen MR) is 82.3 cm³/mol. The van der Waals surface area contributed by atoms with Gasteiger partial charge in [-0.15, -0.1) is 0 Å². The largest absolute Gasteiger partial charge is 0.480 e. The number of rotatable bonds is 4. The summed E-state index contributed by atoms with van der Waals surface area (Å²) in [5.74, 6) is -0.828. The smallest absolute Gasteiger partial charge is 0.325 e. The summed E-state index contributed by atoms with van der Waals surface area (Å²) in [6.07, 6.45) is 0. The summed E-state index contributed by atoms with van der Waals surface area (Å²) in [6.45, 7) is 6.29. The summed E-state index contributed by atoms with van der Waals surface area (Å²) in [4.78, 5) is 11.6. The van der Waals surface area contributed by atoms with Crippen molar-refractivity contribution in [2.45, 2.75) is 33.0 Å². The molecule has 1 aromatic carbocycles. The van der Waals surface area contributed by atoms with Gasteiger partial charge in [0.1, 0.15) is 6.04 Å². The van der Waals surface area contributed by atoms with Crippen LogP contribution >= 0.6 is 0 Å². The van der Waals surface area contributed by atoms with Crippen LogP contribution in [0.15, 0.2) is 12.1 Å². The van der Waals surface area contributed by atoms with E-state index < -0.39 is 12.0 Å². The van der Waals surface area contributed by atoms with Gasteiger partial charge < -0.3 is 20.3 Å². The van der Waals surface area contributed by atoms with Crippen LogP contribution in [-0.2, 0) is 24.9 Å². The van der Waals surface area contributed by atoms with Crippen LogP contribution in [0.1, 0.15) is 35.3 Å². The molecule has 2 heterocycles. The lowest BCUT2D eigenvalue weighted by Gasteiger charge is -2.14. The summed E-state index contributed by atoms with van der Waals surface area (Å²) in [6, 6.07) is 3.68. The van der Waals surface area contributed by atoms with Crippen LogP contribution in [0.3, 0.4) is 0 Å². The number of fused-ring (bicyclic) bond motifs is 2. The molecule has 3 rings (SSSR count). The first-order valence-corrected chi connectivity index (χ1v) is 7.32. The van der Waals surface area contributed by atoms with E-state index in [4.69, 9.17) is 0 Å². The minimum atomic E-state index is -0.828. The molecule has 21 heavy (non-hydrogen) atoms. The van der Waals surface area contributed by atoms with E-state index in [9.17, 15) is 9.90 Å². The maximum atomic E-state index is 11.6. The average molecular weight is 287 g/mol. The summed E-state index contributed by atoms with van der Waals surface area (Å²) < 4.78 is 2.09. The van der Waals surface area contributed by atoms with Gasteiger partial charge in [0.25, 0.3) is 0 Å². The highest BCUT2D eigenvalue weighted by Crippen LogP contribution is 2.33. The van der Waals surface area contributed by atoms with Crippen molar-refractivity contribution in [3.05, 3.63) is 34.5 Å². The molecule has 1 aromatic heterocycles. The molecule has 1 unspecified atom stereocenters. The molecule has 0 saturated heterocycles. The number of aryl methyl sites for hydroxylation is 1. The lowest BCUT2D eigenvalue weighted by Crippen LogP contribution is -2.28. The van der Waals surface area contributed by atoms with Crippen LogP contribution in [-0.4, -0.2) is 22.2 Å². The van der Waals surface area contributed by atoms with Gasteiger partial charge in [-0.2, -0.15) is 0 Å². The summed E-state index contributed by atoms with van der Waals surface area (Å²) in [5, 5.41) is 17.0. The van der Waals surface area contributed by atoms with Gasteiger partial charge >= 0.3 is 5.97 Å². The van der Waals surface area contributed by atoms with Gasteiger partial charge in [0.05, 0.1) is 0 Å². The Balaban J connectivity index is 2.26. The van der Waals surface area contributed by atoms with Gasteiger partial charge in [-0.05, 0) is 36.7 Å². The van der Waals surface area contributed by atoms with Crippen LogP contribution in [0.4, 0.5) is 0 Å². The van der Waals surface area contributed by atoms with E-state index in [-0.39, 0.29) is 0 Å². The molecule has 0 spiro atoms. The van der Waals surface area contributed by atoms with Gasteiger partial charge in [-0.25, -0.2) is 0 Å². The number of likely N-dealkylation sites (N-methyl/N-ethyl adjacent to an activating group) is 1. The van der Waals surface area contributed by atoms with Crippen molar-refractivity contribution < 1.29 is 9.90 Å². The predicted octanol–water partition coefficient (Wildman–Crippen LogP) is 1.83. The number of nitrogens with one attached hydrogen (secondary N) is 2. The van der Waals surface area contributed by atoms with Crippen LogP contribution in [0.2, 0.25) is 0 Å². The number of benzene rings is 1. The van der Waals surface area contributed by atoms with Crippen molar-refractivity contribution in [2.24, 2.45) is 7.05 Å². The van der Waals surface area contributed by atoms with Gasteiger partial charge in [0, 0.05) is 42.3 Å². The van der Waals surface area contributed by atoms with Crippen molar-refractivity contribution in [1.29, 1.82) is 0 Å². The van der Waals surface area contributed by atoms with Crippen LogP contribution < -0.4 is 10.6 Å². The zero-order valence-corrected chi connectivity index (χ0v) is 12.7. The lowest BCUT2D eigenvalue weighted by molar-refractivity contribution is -0.139. The molecule has 0 fully saturated rings. The van der Waals surface area contributed by atoms with Crippen molar-refractivity contribution in [2.75, 3.05) is 6.54 Å². The summed E-state index contributed by atoms with van der Waals surface area (Å²) in [5.41, 5.74) is 5.58. The van der Waals surface area contributed by atoms with E-state index in [1.165, 1.54) is 11.1 Å². The zero-order chi connectivity index (χ0) is 15.1. The molecule has 0 amide bonds. The van der Waals surface area contributed by atoms with Gasteiger partial charge in [-0.3, -0.25) is 4.79 Å². The number of aromatic nitrogens is 1. The number of hydrogen-bond donors (Lipinski definition) is 3. The molecule has 0 aliphatic carbocycles. The monoisotopic (exact) mass is 287 g/mol. The SMILES string of the molecule is CCNC(C(=O)O)c1c(C)n(C)c2cc3c(cc12)CNC3. The Bertz CT molecular complexity index is 718. The Morgan fingerprint density at radius 1 is 1.43 bits per heavy atom. The van der Waals surface area contributed by atoms with Crippen LogP contribution in [0.25, 0.3) is 10.9 Å². The summed E-state index contributed by atoms with van der Waals surface area (Å²) in [7, 11) is 2.00. The maximum Gasteiger partial charge on any atom is 0.325 e. The Labute approximate surface area is 124 Å². The molecule has 2 aromatic rings. The Hall–Kier alpha value is -1.85. The molecule has 112 valence electrons. The van der Waals surface area contributed by atoms with Crippen molar-refractivity contribution in [3.8, 4) is 0 Å². The number of carboxylic acids is 1. The fraction of sp³-hybridized carbons (Fsp3) is 0.438. The second-order valence-electron chi connectivity index (χ2n) is 5.63. The fourth-order valence-electron chi connectivity index (χ4n) is 3.27. The second-order valence-corrected chi connectivity index (χ2v) is 5.63. The van der Waals surface area contributed by atoms with Crippen LogP contribution in [0, 0.1) is 6.92 Å². The Morgan fingerprint density at radius 3 is 2.71 bits per heavy atom. The molecule has 5 nitrogen and oxygen atoms in total. The third-order valence-electron chi connectivity index (χ3n) is 4.44. The fourth-order valence-corrected chi connectivity index (χ4v) is 3.27. The topological polar surface area (TPSA) is 66.3 Å². The zero-order valence-electron chi connectivity index (χ0n) is 12.7. The van der Waals surface area contributed by atoms with E-state index in [1.54, 1.807) is 0 Å². The molecule has 1 atom stereocenters. The van der Waals surface area contributed by atoms with Crippen LogP contribution in [0.5, 0.6) is 0 Å². The third-order valence-corrected chi connectivity index (χ3v) is 4.44. The number of aliphatic carboxylic acids is 1. The highest BCUT2D eigenvalue weighted by Gasteiger charge is 2.27. The molecule has 5 heteroatoms. The Kier molecular flexibility index (Phi) is 3.47. The van der Waals surface area contributed by atoms with Gasteiger partial charge in [0.15, 0.2) is 0 Å². The lowest BCUT2D eigenvalue weighted by atomic mass is 10.00. The standard InChI is InChI=1S/C16H21N3O2/c1-4-18-15(16(20)21)14-9(2)19(3)13-6-11-8-17-7-10(11)5-12(13)14/h5-6,15,17-18H,4,7-8H2,1-3H3,(H,20,21). The van der Waals surface area contributed by atoms with Crippen molar-refractivity contribution in [3.63, 3.8) is 0 Å². The molecule has 0 bridgehead atoms. The first-order valence-electron chi connectivity index (χ1n) is 7.32. The first-order chi connectivity index (χ1) is 10.0. The number of nitrogens with zero attached hydrogens (tertiary/aromatic N) is 1. The maximum absolute atomic E-state index is 11.6. The van der Waals surface area contributed by atoms with Gasteiger partial charge in [-0.1, -0.05) is 6.92 Å². The van der Waals surface area contributed by atoms with Crippen molar-refractivity contribution in [1.82, 2.24) is 15.2 Å². The normalized spacial score (nSPS) is 15.4. The van der Waals surface area contributed by atoms with E-state index >= 15 is 0 Å². The average Bonchev–Trinajstić information content (AvgIpc) is 2.99. The highest BCUT2D eigenvalue weighted by molar-refractivity contribution is 5.92. The van der Waals surface area contributed by atoms with E-state index in [0.717, 1.165) is 35.2 Å². The molecular weight excluding hydrogens is 266 g/mol. The van der Waals surface area contributed by atoms with Gasteiger partial charge in [0.2, 0.25) is 0 Å². The van der Waals surface area contributed by atoms with E-state index in [1.807, 2.05) is 20.9 Å². The molecule has 1 aliphatic heterocycles. The molecule has 1 aliphatic rings. The van der Waals surface area contributed by atoms with E-state index in [2.05, 4.69) is 27.3 Å². The number of carboxylic acid groups (broad SMARTS) is 1. The molecule has 0 radical (unpaired) electrons. The van der Waals surface area contributed by atoms with E-state index in [0.29, 0.717) is 6.54 Å². The minimum absolute atomic E-state index is 0.624. The quantitative estimate of drug-likeness (QED) is 0.802. The highest BCUT2D eigenvalue weighted by atomic mass is 16.4. The molecular formula is C16H21N3O2. The minimum Gasteiger partial charge on any atom is -0.480 e. The first kappa shape index (κ1) is 14.1. The second kappa shape index (κ2) is 5.16. The third kappa shape index (κ3) is 2.13. The molecule has 3 N–H and O–H groups in total. The number of carbonyl (C=O) groups is 1. The summed E-state index contributed by atoms with van der Waals surface area (Å²) >= 11 is 0. The Morgan fingerprint density at radius 2 is 2.10 bits per heavy atom. The number of hydrogen-bond acceptors (Lipinski definition) is 3. The van der Waals surface area contributed by atoms with Crippen molar-refractivity contribution >= 4 is 16.9 Å². The molecule has 0 saturated carbocycles.